The van der Waals surface area contributed by atoms with E-state index in [9.17, 15) is 4.79 Å². The zero-order chi connectivity index (χ0) is 16.3. The number of hydrogen-bond donors (Lipinski definition) is 0. The Morgan fingerprint density at radius 2 is 2.14 bits per heavy atom. The van der Waals surface area contributed by atoms with E-state index in [0.29, 0.717) is 22.8 Å². The second-order valence-corrected chi connectivity index (χ2v) is 12.2. The van der Waals surface area contributed by atoms with Gasteiger partial charge in [0.25, 0.3) is 0 Å². The molecule has 0 aliphatic rings. The van der Waals surface area contributed by atoms with Crippen LogP contribution in [0, 0.1) is 0 Å². The van der Waals surface area contributed by atoms with Crippen molar-refractivity contribution in [1.82, 2.24) is 14.5 Å². The number of ether oxygens (including phenoxy) is 2. The third-order valence-electron chi connectivity index (χ3n) is 3.17. The standard InChI is InChI=1S/C14H20ClN3O3Si/c1-20-14(19)13-17-11-10(15)5-6-16-12(11)18(13)9-21-7-8-22(2,3)4/h5-6H,7-9H2,1-4H3. The first-order chi connectivity index (χ1) is 10.3. The molecule has 2 rings (SSSR count). The maximum atomic E-state index is 11.9. The van der Waals surface area contributed by atoms with Gasteiger partial charge in [-0.1, -0.05) is 31.2 Å². The molecule has 6 nitrogen and oxygen atoms in total. The van der Waals surface area contributed by atoms with Crippen molar-refractivity contribution in [3.05, 3.63) is 23.1 Å². The van der Waals surface area contributed by atoms with Crippen molar-refractivity contribution in [2.45, 2.75) is 32.4 Å². The Hall–Kier alpha value is -1.44. The quantitative estimate of drug-likeness (QED) is 0.458. The third-order valence-corrected chi connectivity index (χ3v) is 5.18. The monoisotopic (exact) mass is 341 g/mol. The van der Waals surface area contributed by atoms with Gasteiger partial charge in [-0.05, 0) is 12.1 Å². The fraction of sp³-hybridized carbons (Fsp3) is 0.500. The molecule has 0 fully saturated rings. The van der Waals surface area contributed by atoms with E-state index in [0.717, 1.165) is 6.04 Å². The molecule has 22 heavy (non-hydrogen) atoms. The van der Waals surface area contributed by atoms with Gasteiger partial charge < -0.3 is 9.47 Å². The van der Waals surface area contributed by atoms with Crippen LogP contribution in [0.25, 0.3) is 11.2 Å². The van der Waals surface area contributed by atoms with E-state index in [4.69, 9.17) is 21.1 Å². The maximum absolute atomic E-state index is 11.9. The van der Waals surface area contributed by atoms with Gasteiger partial charge in [0.2, 0.25) is 5.82 Å². The van der Waals surface area contributed by atoms with Gasteiger partial charge in [-0.25, -0.2) is 14.8 Å². The Kier molecular flexibility index (Phi) is 5.20. The Bertz CT molecular complexity index is 682. The van der Waals surface area contributed by atoms with Crippen molar-refractivity contribution in [2.24, 2.45) is 0 Å². The molecule has 0 spiro atoms. The van der Waals surface area contributed by atoms with E-state index in [1.54, 1.807) is 16.8 Å². The fourth-order valence-corrected chi connectivity index (χ4v) is 2.83. The van der Waals surface area contributed by atoms with Gasteiger partial charge >= 0.3 is 5.97 Å². The first-order valence-electron chi connectivity index (χ1n) is 7.00. The lowest BCUT2D eigenvalue weighted by atomic mass is 10.4. The van der Waals surface area contributed by atoms with Gasteiger partial charge in [-0.2, -0.15) is 0 Å². The Balaban J connectivity index is 2.26. The zero-order valence-corrected chi connectivity index (χ0v) is 15.0. The third kappa shape index (κ3) is 3.85. The Morgan fingerprint density at radius 1 is 1.41 bits per heavy atom. The summed E-state index contributed by atoms with van der Waals surface area (Å²) in [5.74, 6) is -0.394. The number of esters is 1. The number of carbonyl (C=O) groups excluding carboxylic acids is 1. The van der Waals surface area contributed by atoms with Crippen LogP contribution in [-0.4, -0.2) is 42.3 Å². The smallest absolute Gasteiger partial charge is 0.374 e. The lowest BCUT2D eigenvalue weighted by Crippen LogP contribution is -2.22. The summed E-state index contributed by atoms with van der Waals surface area (Å²) in [4.78, 5) is 20.4. The van der Waals surface area contributed by atoms with Crippen molar-refractivity contribution in [3.8, 4) is 0 Å². The summed E-state index contributed by atoms with van der Waals surface area (Å²) >= 11 is 6.11. The minimum Gasteiger partial charge on any atom is -0.463 e. The molecule has 0 N–H and O–H groups in total. The van der Waals surface area contributed by atoms with Crippen molar-refractivity contribution >= 4 is 36.8 Å². The lowest BCUT2D eigenvalue weighted by molar-refractivity contribution is 0.0535. The van der Waals surface area contributed by atoms with Crippen LogP contribution in [0.3, 0.4) is 0 Å². The second kappa shape index (κ2) is 6.76. The molecule has 0 radical (unpaired) electrons. The van der Waals surface area contributed by atoms with Crippen molar-refractivity contribution in [1.29, 1.82) is 0 Å². The SMILES string of the molecule is COC(=O)c1nc2c(Cl)ccnc2n1COCC[Si](C)(C)C. The molecule has 0 bridgehead atoms. The van der Waals surface area contributed by atoms with E-state index >= 15 is 0 Å². The molecule has 120 valence electrons. The first kappa shape index (κ1) is 16.9. The number of hydrogen-bond acceptors (Lipinski definition) is 5. The summed E-state index contributed by atoms with van der Waals surface area (Å²) in [6, 6.07) is 2.68. The average molecular weight is 342 g/mol. The van der Waals surface area contributed by atoms with Crippen LogP contribution in [0.1, 0.15) is 10.6 Å². The first-order valence-corrected chi connectivity index (χ1v) is 11.1. The van der Waals surface area contributed by atoms with Crippen LogP contribution < -0.4 is 0 Å². The lowest BCUT2D eigenvalue weighted by Gasteiger charge is -2.16. The number of fused-ring (bicyclic) bond motifs is 1. The largest absolute Gasteiger partial charge is 0.463 e. The molecule has 0 saturated heterocycles. The van der Waals surface area contributed by atoms with E-state index in [2.05, 4.69) is 29.6 Å². The molecule has 0 aromatic carbocycles. The normalized spacial score (nSPS) is 11.9. The highest BCUT2D eigenvalue weighted by molar-refractivity contribution is 6.76. The predicted molar refractivity (Wildman–Crippen MR) is 88.0 cm³/mol. The van der Waals surface area contributed by atoms with Gasteiger partial charge in [0.15, 0.2) is 5.65 Å². The van der Waals surface area contributed by atoms with Crippen molar-refractivity contribution in [3.63, 3.8) is 0 Å². The average Bonchev–Trinajstić information content (AvgIpc) is 2.82. The van der Waals surface area contributed by atoms with E-state index < -0.39 is 14.0 Å². The fourth-order valence-electron chi connectivity index (χ4n) is 1.89. The number of aromatic nitrogens is 3. The van der Waals surface area contributed by atoms with Crippen LogP contribution in [0.15, 0.2) is 12.3 Å². The summed E-state index contributed by atoms with van der Waals surface area (Å²) in [6.07, 6.45) is 1.58. The van der Waals surface area contributed by atoms with Crippen LogP contribution in [0.2, 0.25) is 30.7 Å². The highest BCUT2D eigenvalue weighted by Gasteiger charge is 2.21. The number of rotatable bonds is 6. The van der Waals surface area contributed by atoms with Gasteiger partial charge in [-0.15, -0.1) is 0 Å². The molecular formula is C14H20ClN3O3Si. The Morgan fingerprint density at radius 3 is 2.77 bits per heavy atom. The molecule has 2 heterocycles. The molecule has 0 atom stereocenters. The highest BCUT2D eigenvalue weighted by Crippen LogP contribution is 2.22. The minimum atomic E-state index is -1.16. The van der Waals surface area contributed by atoms with Crippen molar-refractivity contribution < 1.29 is 14.3 Å². The van der Waals surface area contributed by atoms with Crippen LogP contribution in [0.5, 0.6) is 0 Å². The number of methoxy groups -OCH3 is 1. The predicted octanol–water partition coefficient (Wildman–Crippen LogP) is 3.18. The number of pyridine rings is 1. The maximum Gasteiger partial charge on any atom is 0.374 e. The molecule has 8 heteroatoms. The van der Waals surface area contributed by atoms with Gasteiger partial charge in [-0.3, -0.25) is 4.57 Å². The number of imidazole rings is 1. The molecule has 0 saturated carbocycles. The van der Waals surface area contributed by atoms with E-state index in [1.807, 2.05) is 0 Å². The molecule has 0 aliphatic heterocycles. The molecule has 0 amide bonds. The summed E-state index contributed by atoms with van der Waals surface area (Å²) < 4.78 is 12.1. The zero-order valence-electron chi connectivity index (χ0n) is 13.2. The van der Waals surface area contributed by atoms with Crippen molar-refractivity contribution in [2.75, 3.05) is 13.7 Å². The molecule has 2 aromatic heterocycles. The van der Waals surface area contributed by atoms with E-state index in [-0.39, 0.29) is 12.6 Å². The van der Waals surface area contributed by atoms with Gasteiger partial charge in [0, 0.05) is 20.9 Å². The number of halogens is 1. The summed E-state index contributed by atoms with van der Waals surface area (Å²) in [6.45, 7) is 7.67. The number of carbonyl (C=O) groups is 1. The Labute approximate surface area is 135 Å². The van der Waals surface area contributed by atoms with E-state index in [1.165, 1.54) is 7.11 Å². The van der Waals surface area contributed by atoms with Crippen LogP contribution in [-0.2, 0) is 16.2 Å². The molecule has 2 aromatic rings. The number of nitrogens with zero attached hydrogens (tertiary/aromatic N) is 3. The molecular weight excluding hydrogens is 322 g/mol. The van der Waals surface area contributed by atoms with Gasteiger partial charge in [0.1, 0.15) is 12.2 Å². The summed E-state index contributed by atoms with van der Waals surface area (Å²) in [7, 11) is 0.150. The second-order valence-electron chi connectivity index (χ2n) is 6.17. The van der Waals surface area contributed by atoms with Crippen LogP contribution in [0.4, 0.5) is 0 Å². The highest BCUT2D eigenvalue weighted by atomic mass is 35.5. The summed E-state index contributed by atoms with van der Waals surface area (Å²) in [5.41, 5.74) is 0.985. The van der Waals surface area contributed by atoms with Crippen LogP contribution >= 0.6 is 11.6 Å². The molecule has 0 aliphatic carbocycles. The summed E-state index contributed by atoms with van der Waals surface area (Å²) in [5, 5.41) is 0.441. The topological polar surface area (TPSA) is 66.2 Å². The minimum absolute atomic E-state index is 0.145. The molecule has 0 unspecified atom stereocenters. The van der Waals surface area contributed by atoms with Gasteiger partial charge in [0.05, 0.1) is 12.1 Å².